The van der Waals surface area contributed by atoms with Gasteiger partial charge in [-0.05, 0) is 49.6 Å². The standard InChI is InChI=1S/C27H25N3O5/c1-27(17-16-19-8-4-2-5-9-19)25(33)30(26(34)28-27)29-23(31)18-35-22-14-12-21(13-15-22)24(32)20-10-6-3-7-11-20/h2-15H,16-18H2,1H3,(H,28,34)(H,29,31)/t27-/m1/s1. The minimum atomic E-state index is -1.12. The maximum atomic E-state index is 12.8. The number of ether oxygens (including phenoxy) is 1. The highest BCUT2D eigenvalue weighted by Gasteiger charge is 2.48. The second-order valence-corrected chi connectivity index (χ2v) is 8.43. The van der Waals surface area contributed by atoms with Gasteiger partial charge in [0.1, 0.15) is 11.3 Å². The predicted molar refractivity (Wildman–Crippen MR) is 128 cm³/mol. The summed E-state index contributed by atoms with van der Waals surface area (Å²) in [5, 5.41) is 3.35. The quantitative estimate of drug-likeness (QED) is 0.368. The van der Waals surface area contributed by atoms with Crippen LogP contribution in [-0.2, 0) is 16.0 Å². The minimum Gasteiger partial charge on any atom is -0.484 e. The lowest BCUT2D eigenvalue weighted by atomic mass is 9.93. The highest BCUT2D eigenvalue weighted by atomic mass is 16.5. The number of imide groups is 1. The van der Waals surface area contributed by atoms with Gasteiger partial charge in [-0.15, -0.1) is 0 Å². The fraction of sp³-hybridized carbons (Fsp3) is 0.185. The average molecular weight is 472 g/mol. The molecule has 1 aliphatic heterocycles. The van der Waals surface area contributed by atoms with Gasteiger partial charge in [0.25, 0.3) is 11.8 Å². The Morgan fingerprint density at radius 2 is 1.49 bits per heavy atom. The number of hydrazine groups is 1. The zero-order chi connectivity index (χ0) is 24.8. The van der Waals surface area contributed by atoms with Crippen molar-refractivity contribution < 1.29 is 23.9 Å². The van der Waals surface area contributed by atoms with Crippen molar-refractivity contribution in [3.8, 4) is 5.75 Å². The molecule has 4 rings (SSSR count). The van der Waals surface area contributed by atoms with Crippen LogP contribution in [0.2, 0.25) is 0 Å². The highest BCUT2D eigenvalue weighted by Crippen LogP contribution is 2.22. The third-order valence-electron chi connectivity index (χ3n) is 5.78. The molecule has 35 heavy (non-hydrogen) atoms. The van der Waals surface area contributed by atoms with Crippen molar-refractivity contribution in [1.29, 1.82) is 0 Å². The SMILES string of the molecule is C[C@]1(CCc2ccccc2)NC(=O)N(NC(=O)COc2ccc(C(=O)c3ccccc3)cc2)C1=O. The van der Waals surface area contributed by atoms with Crippen molar-refractivity contribution in [2.45, 2.75) is 25.3 Å². The van der Waals surface area contributed by atoms with E-state index in [0.29, 0.717) is 34.7 Å². The van der Waals surface area contributed by atoms with Crippen LogP contribution in [0.15, 0.2) is 84.9 Å². The van der Waals surface area contributed by atoms with Gasteiger partial charge in [-0.1, -0.05) is 60.7 Å². The summed E-state index contributed by atoms with van der Waals surface area (Å²) in [5.74, 6) is -0.945. The molecule has 0 bridgehead atoms. The van der Waals surface area contributed by atoms with Gasteiger partial charge in [-0.2, -0.15) is 5.01 Å². The predicted octanol–water partition coefficient (Wildman–Crippen LogP) is 3.27. The number of nitrogens with one attached hydrogen (secondary N) is 2. The first kappa shape index (κ1) is 23.7. The van der Waals surface area contributed by atoms with Crippen LogP contribution in [0.5, 0.6) is 5.75 Å². The lowest BCUT2D eigenvalue weighted by Gasteiger charge is -2.21. The minimum absolute atomic E-state index is 0.122. The van der Waals surface area contributed by atoms with E-state index in [1.54, 1.807) is 55.5 Å². The molecule has 3 aromatic carbocycles. The fourth-order valence-corrected chi connectivity index (χ4v) is 3.76. The number of hydrogen-bond donors (Lipinski definition) is 2. The molecule has 1 heterocycles. The van der Waals surface area contributed by atoms with E-state index in [4.69, 9.17) is 4.74 Å². The number of ketones is 1. The number of nitrogens with zero attached hydrogens (tertiary/aromatic N) is 1. The number of benzene rings is 3. The van der Waals surface area contributed by atoms with Crippen molar-refractivity contribution in [2.24, 2.45) is 0 Å². The summed E-state index contributed by atoms with van der Waals surface area (Å²) >= 11 is 0. The lowest BCUT2D eigenvalue weighted by Crippen LogP contribution is -2.50. The first-order valence-corrected chi connectivity index (χ1v) is 11.2. The van der Waals surface area contributed by atoms with Crippen LogP contribution in [0.25, 0.3) is 0 Å². The van der Waals surface area contributed by atoms with Crippen LogP contribution >= 0.6 is 0 Å². The Balaban J connectivity index is 1.29. The lowest BCUT2D eigenvalue weighted by molar-refractivity contribution is -0.139. The summed E-state index contributed by atoms with van der Waals surface area (Å²) in [6, 6.07) is 24.2. The molecule has 0 radical (unpaired) electrons. The van der Waals surface area contributed by atoms with E-state index in [2.05, 4.69) is 10.7 Å². The molecule has 3 aromatic rings. The Morgan fingerprint density at radius 3 is 2.14 bits per heavy atom. The number of amides is 4. The number of carbonyl (C=O) groups is 4. The molecule has 0 aromatic heterocycles. The normalized spacial score (nSPS) is 17.1. The van der Waals surface area contributed by atoms with Gasteiger partial charge in [0.05, 0.1) is 0 Å². The van der Waals surface area contributed by atoms with Crippen LogP contribution in [-0.4, -0.2) is 40.8 Å². The zero-order valence-corrected chi connectivity index (χ0v) is 19.2. The van der Waals surface area contributed by atoms with Crippen LogP contribution in [0.4, 0.5) is 4.79 Å². The van der Waals surface area contributed by atoms with Gasteiger partial charge >= 0.3 is 6.03 Å². The third kappa shape index (κ3) is 5.55. The largest absolute Gasteiger partial charge is 0.484 e. The van der Waals surface area contributed by atoms with Crippen molar-refractivity contribution in [3.63, 3.8) is 0 Å². The van der Waals surface area contributed by atoms with Gasteiger partial charge in [-0.3, -0.25) is 19.8 Å². The molecule has 1 atom stereocenters. The maximum Gasteiger partial charge on any atom is 0.344 e. The molecule has 0 unspecified atom stereocenters. The maximum absolute atomic E-state index is 12.8. The van der Waals surface area contributed by atoms with E-state index in [9.17, 15) is 19.2 Å². The molecule has 0 spiro atoms. The molecule has 4 amide bonds. The molecule has 0 aliphatic carbocycles. The number of carbonyl (C=O) groups excluding carboxylic acids is 4. The number of rotatable bonds is 9. The Morgan fingerprint density at radius 1 is 0.886 bits per heavy atom. The number of aryl methyl sites for hydroxylation is 1. The average Bonchev–Trinajstić information content (AvgIpc) is 3.10. The molecule has 0 saturated carbocycles. The van der Waals surface area contributed by atoms with Crippen molar-refractivity contribution in [2.75, 3.05) is 6.61 Å². The van der Waals surface area contributed by atoms with E-state index in [-0.39, 0.29) is 5.78 Å². The molecule has 8 heteroatoms. The summed E-state index contributed by atoms with van der Waals surface area (Å²) in [4.78, 5) is 50.0. The van der Waals surface area contributed by atoms with Crippen molar-refractivity contribution in [1.82, 2.24) is 15.8 Å². The van der Waals surface area contributed by atoms with Crippen LogP contribution in [0, 0.1) is 0 Å². The molecule has 1 saturated heterocycles. The van der Waals surface area contributed by atoms with E-state index in [1.165, 1.54) is 0 Å². The molecule has 2 N–H and O–H groups in total. The molecule has 1 aliphatic rings. The molecule has 8 nitrogen and oxygen atoms in total. The monoisotopic (exact) mass is 471 g/mol. The molecule has 1 fully saturated rings. The smallest absolute Gasteiger partial charge is 0.344 e. The Labute approximate surface area is 202 Å². The molecular formula is C27H25N3O5. The first-order chi connectivity index (χ1) is 16.9. The fourth-order valence-electron chi connectivity index (χ4n) is 3.76. The van der Waals surface area contributed by atoms with Gasteiger partial charge < -0.3 is 10.1 Å². The topological polar surface area (TPSA) is 105 Å². The summed E-state index contributed by atoms with van der Waals surface area (Å²) in [6.45, 7) is 1.22. The van der Waals surface area contributed by atoms with Crippen LogP contribution < -0.4 is 15.5 Å². The Hall–Kier alpha value is -4.46. The van der Waals surface area contributed by atoms with Gasteiger partial charge in [0, 0.05) is 11.1 Å². The number of hydrogen-bond acceptors (Lipinski definition) is 5. The second-order valence-electron chi connectivity index (χ2n) is 8.43. The summed E-state index contributed by atoms with van der Waals surface area (Å²) < 4.78 is 5.45. The van der Waals surface area contributed by atoms with Gasteiger partial charge in [0.15, 0.2) is 12.4 Å². The first-order valence-electron chi connectivity index (χ1n) is 11.2. The van der Waals surface area contributed by atoms with Crippen LogP contribution in [0.1, 0.15) is 34.8 Å². The van der Waals surface area contributed by atoms with Gasteiger partial charge in [0.2, 0.25) is 0 Å². The zero-order valence-electron chi connectivity index (χ0n) is 19.2. The van der Waals surface area contributed by atoms with Crippen molar-refractivity contribution >= 4 is 23.6 Å². The molecular weight excluding hydrogens is 446 g/mol. The van der Waals surface area contributed by atoms with E-state index >= 15 is 0 Å². The van der Waals surface area contributed by atoms with E-state index in [0.717, 1.165) is 5.56 Å². The Kier molecular flexibility index (Phi) is 6.91. The highest BCUT2D eigenvalue weighted by molar-refractivity contribution is 6.09. The second kappa shape index (κ2) is 10.2. The van der Waals surface area contributed by atoms with Crippen LogP contribution in [0.3, 0.4) is 0 Å². The van der Waals surface area contributed by atoms with Gasteiger partial charge in [-0.25, -0.2) is 4.79 Å². The van der Waals surface area contributed by atoms with E-state index < -0.39 is 30.0 Å². The Bertz CT molecular complexity index is 1230. The number of urea groups is 1. The van der Waals surface area contributed by atoms with E-state index in [1.807, 2.05) is 36.4 Å². The summed E-state index contributed by atoms with van der Waals surface area (Å²) in [6.07, 6.45) is 0.982. The third-order valence-corrected chi connectivity index (χ3v) is 5.78. The summed E-state index contributed by atoms with van der Waals surface area (Å²) in [7, 11) is 0. The summed E-state index contributed by atoms with van der Waals surface area (Å²) in [5.41, 5.74) is 3.29. The van der Waals surface area contributed by atoms with Crippen molar-refractivity contribution in [3.05, 3.63) is 102 Å². The molecule has 178 valence electrons.